The Bertz CT molecular complexity index is 1140. The number of halogens is 6. The molecule has 3 heterocycles. The van der Waals surface area contributed by atoms with E-state index < -0.39 is 23.5 Å². The summed E-state index contributed by atoms with van der Waals surface area (Å²) < 4.78 is 84.9. The van der Waals surface area contributed by atoms with Gasteiger partial charge in [0.15, 0.2) is 0 Å². The van der Waals surface area contributed by atoms with Gasteiger partial charge in [0.2, 0.25) is 0 Å². The minimum atomic E-state index is -4.93. The van der Waals surface area contributed by atoms with Gasteiger partial charge in [-0.2, -0.15) is 26.3 Å². The molecule has 0 atom stereocenters. The fraction of sp³-hybridized carbons (Fsp3) is 0.391. The number of amides is 1. The third-order valence-electron chi connectivity index (χ3n) is 5.65. The van der Waals surface area contributed by atoms with Crippen molar-refractivity contribution in [2.45, 2.75) is 18.8 Å². The average Bonchev–Trinajstić information content (AvgIpc) is 3.38. The molecule has 1 aromatic carbocycles. The predicted molar refractivity (Wildman–Crippen MR) is 132 cm³/mol. The van der Waals surface area contributed by atoms with Gasteiger partial charge in [0, 0.05) is 31.1 Å². The fourth-order valence-electron chi connectivity index (χ4n) is 3.80. The third-order valence-corrected chi connectivity index (χ3v) is 7.90. The van der Waals surface area contributed by atoms with E-state index in [0.29, 0.717) is 46.0 Å². The van der Waals surface area contributed by atoms with Crippen molar-refractivity contribution in [1.82, 2.24) is 9.80 Å². The van der Waals surface area contributed by atoms with E-state index in [1.54, 1.807) is 6.08 Å². The average molecular weight is 567 g/mol. The van der Waals surface area contributed by atoms with Crippen LogP contribution in [0, 0.1) is 0 Å². The summed E-state index contributed by atoms with van der Waals surface area (Å²) in [6.07, 6.45) is -7.55. The Morgan fingerprint density at radius 3 is 2.19 bits per heavy atom. The highest BCUT2D eigenvalue weighted by Crippen LogP contribution is 2.40. The second-order valence-corrected chi connectivity index (χ2v) is 10.8. The summed E-state index contributed by atoms with van der Waals surface area (Å²) in [7, 11) is 0. The quantitative estimate of drug-likeness (QED) is 0.230. The molecule has 4 rings (SSSR count). The number of hydrogen-bond acceptors (Lipinski definition) is 6. The van der Waals surface area contributed by atoms with Crippen molar-refractivity contribution in [2.75, 3.05) is 39.4 Å². The highest BCUT2D eigenvalue weighted by molar-refractivity contribution is 8.26. The molecule has 0 bridgehead atoms. The smallest absolute Gasteiger partial charge is 0.379 e. The van der Waals surface area contributed by atoms with E-state index in [9.17, 15) is 31.1 Å². The van der Waals surface area contributed by atoms with E-state index in [1.165, 1.54) is 16.3 Å². The lowest BCUT2D eigenvalue weighted by Crippen LogP contribution is -2.38. The number of thioether (sulfide) groups is 1. The first-order valence-electron chi connectivity index (χ1n) is 10.9. The zero-order valence-electron chi connectivity index (χ0n) is 18.6. The zero-order valence-corrected chi connectivity index (χ0v) is 21.1. The molecule has 0 unspecified atom stereocenters. The molecule has 36 heavy (non-hydrogen) atoms. The Hall–Kier alpha value is -1.93. The molecular formula is C23H20F6N2O2S3. The fourth-order valence-corrected chi connectivity index (χ4v) is 6.02. The number of carbonyl (C=O) groups excluding carboxylic acids is 1. The molecule has 2 aliphatic heterocycles. The zero-order chi connectivity index (χ0) is 26.1. The number of nitrogens with zero attached hydrogens (tertiary/aromatic N) is 2. The molecule has 194 valence electrons. The van der Waals surface area contributed by atoms with Gasteiger partial charge in [-0.3, -0.25) is 14.6 Å². The van der Waals surface area contributed by atoms with Crippen LogP contribution in [-0.2, 0) is 21.9 Å². The number of hydrogen-bond donors (Lipinski definition) is 0. The van der Waals surface area contributed by atoms with Crippen molar-refractivity contribution in [3.63, 3.8) is 0 Å². The largest absolute Gasteiger partial charge is 0.416 e. The minimum Gasteiger partial charge on any atom is -0.379 e. The molecule has 2 saturated heterocycles. The Balaban J connectivity index is 1.49. The molecule has 0 N–H and O–H groups in total. The molecule has 2 aliphatic rings. The van der Waals surface area contributed by atoms with Gasteiger partial charge >= 0.3 is 12.4 Å². The maximum absolute atomic E-state index is 13.2. The van der Waals surface area contributed by atoms with Crippen molar-refractivity contribution < 1.29 is 35.9 Å². The van der Waals surface area contributed by atoms with Gasteiger partial charge in [-0.15, -0.1) is 11.3 Å². The standard InChI is InChI=1S/C23H20F6N2O2S3/c24-22(25,26)16-8-14(9-17(11-16)23(27,28)29)15-10-18(35-13-15)12-19-20(32)31(21(34)36-19)3-1-2-30-4-6-33-7-5-30/h8-13H,1-7H2/b19-12-. The van der Waals surface area contributed by atoms with Crippen LogP contribution < -0.4 is 0 Å². The monoisotopic (exact) mass is 566 g/mol. The van der Waals surface area contributed by atoms with Crippen LogP contribution in [0.3, 0.4) is 0 Å². The van der Waals surface area contributed by atoms with Gasteiger partial charge in [0.1, 0.15) is 4.32 Å². The first-order chi connectivity index (χ1) is 16.9. The van der Waals surface area contributed by atoms with Crippen molar-refractivity contribution in [3.8, 4) is 11.1 Å². The number of thiocarbonyl (C=S) groups is 1. The molecule has 0 spiro atoms. The Kier molecular flexibility index (Phi) is 8.15. The first-order valence-corrected chi connectivity index (χ1v) is 13.0. The number of thiophene rings is 1. The number of morpholine rings is 1. The van der Waals surface area contributed by atoms with Crippen LogP contribution >= 0.6 is 35.3 Å². The third kappa shape index (κ3) is 6.49. The van der Waals surface area contributed by atoms with Gasteiger partial charge in [0.05, 0.1) is 29.2 Å². The Morgan fingerprint density at radius 2 is 1.58 bits per heavy atom. The van der Waals surface area contributed by atoms with E-state index in [-0.39, 0.29) is 23.1 Å². The van der Waals surface area contributed by atoms with Crippen LogP contribution in [0.1, 0.15) is 22.4 Å². The molecule has 2 aromatic rings. The molecule has 0 saturated carbocycles. The molecule has 4 nitrogen and oxygen atoms in total. The maximum Gasteiger partial charge on any atom is 0.416 e. The highest BCUT2D eigenvalue weighted by Gasteiger charge is 2.37. The van der Waals surface area contributed by atoms with E-state index >= 15 is 0 Å². The van der Waals surface area contributed by atoms with Gasteiger partial charge in [-0.05, 0) is 53.3 Å². The number of benzene rings is 1. The summed E-state index contributed by atoms with van der Waals surface area (Å²) in [5.74, 6) is -0.264. The van der Waals surface area contributed by atoms with Crippen LogP contribution in [0.2, 0.25) is 0 Å². The summed E-state index contributed by atoms with van der Waals surface area (Å²) in [5, 5.41) is 1.46. The summed E-state index contributed by atoms with van der Waals surface area (Å²) >= 11 is 7.58. The second-order valence-electron chi connectivity index (χ2n) is 8.17. The molecule has 0 radical (unpaired) electrons. The van der Waals surface area contributed by atoms with Crippen LogP contribution in [0.25, 0.3) is 17.2 Å². The maximum atomic E-state index is 13.2. The lowest BCUT2D eigenvalue weighted by atomic mass is 10.0. The van der Waals surface area contributed by atoms with Crippen LogP contribution in [0.4, 0.5) is 26.3 Å². The van der Waals surface area contributed by atoms with Crippen LogP contribution in [0.15, 0.2) is 34.6 Å². The lowest BCUT2D eigenvalue weighted by molar-refractivity contribution is -0.143. The normalized spacial score (nSPS) is 19.1. The second kappa shape index (κ2) is 10.8. The molecule has 1 aromatic heterocycles. The van der Waals surface area contributed by atoms with Gasteiger partial charge in [0.25, 0.3) is 5.91 Å². The molecular weight excluding hydrogens is 546 g/mol. The van der Waals surface area contributed by atoms with E-state index in [2.05, 4.69) is 4.90 Å². The summed E-state index contributed by atoms with van der Waals surface area (Å²) in [6, 6.07) is 2.94. The SMILES string of the molecule is O=C1/C(=C/c2cc(-c3cc(C(F)(F)F)cc(C(F)(F)F)c3)cs2)SC(=S)N1CCCN1CCOCC1. The first kappa shape index (κ1) is 27.1. The van der Waals surface area contributed by atoms with Crippen molar-refractivity contribution in [3.05, 3.63) is 50.6 Å². The van der Waals surface area contributed by atoms with Crippen molar-refractivity contribution in [2.24, 2.45) is 0 Å². The molecule has 0 aliphatic carbocycles. The Morgan fingerprint density at radius 1 is 0.944 bits per heavy atom. The van der Waals surface area contributed by atoms with E-state index in [0.717, 1.165) is 49.2 Å². The van der Waals surface area contributed by atoms with Crippen molar-refractivity contribution >= 4 is 51.6 Å². The summed E-state index contributed by atoms with van der Waals surface area (Å²) in [6.45, 7) is 4.32. The van der Waals surface area contributed by atoms with Gasteiger partial charge < -0.3 is 4.74 Å². The molecule has 1 amide bonds. The number of ether oxygens (including phenoxy) is 1. The lowest BCUT2D eigenvalue weighted by Gasteiger charge is -2.27. The van der Waals surface area contributed by atoms with Crippen LogP contribution in [0.5, 0.6) is 0 Å². The topological polar surface area (TPSA) is 32.8 Å². The number of carbonyl (C=O) groups is 1. The molecule has 2 fully saturated rings. The predicted octanol–water partition coefficient (Wildman–Crippen LogP) is 6.38. The molecule has 13 heteroatoms. The van der Waals surface area contributed by atoms with Gasteiger partial charge in [-0.25, -0.2) is 0 Å². The summed E-state index contributed by atoms with van der Waals surface area (Å²) in [4.78, 5) is 17.5. The summed E-state index contributed by atoms with van der Waals surface area (Å²) in [5.41, 5.74) is -2.76. The van der Waals surface area contributed by atoms with E-state index in [1.807, 2.05) is 0 Å². The van der Waals surface area contributed by atoms with Gasteiger partial charge in [-0.1, -0.05) is 24.0 Å². The Labute approximate surface area is 216 Å². The van der Waals surface area contributed by atoms with Crippen LogP contribution in [-0.4, -0.2) is 59.4 Å². The number of alkyl halides is 6. The number of rotatable bonds is 6. The van der Waals surface area contributed by atoms with E-state index in [4.69, 9.17) is 17.0 Å². The minimum absolute atomic E-state index is 0.0984. The van der Waals surface area contributed by atoms with Crippen molar-refractivity contribution in [1.29, 1.82) is 0 Å². The highest BCUT2D eigenvalue weighted by atomic mass is 32.2.